The molecule has 0 fully saturated rings. The van der Waals surface area contributed by atoms with Crippen LogP contribution in [0.1, 0.15) is 27.8 Å². The van der Waals surface area contributed by atoms with Gasteiger partial charge in [-0.25, -0.2) is 8.42 Å². The molecule has 0 saturated carbocycles. The molecule has 1 amide bonds. The lowest BCUT2D eigenvalue weighted by atomic mass is 10.1. The van der Waals surface area contributed by atoms with E-state index in [-0.39, 0.29) is 18.0 Å². The predicted octanol–water partition coefficient (Wildman–Crippen LogP) is 5.40. The number of sulfonamides is 1. The Kier molecular flexibility index (Phi) is 7.39. The van der Waals surface area contributed by atoms with Crippen LogP contribution >= 0.6 is 11.6 Å². The topological polar surface area (TPSA) is 66.5 Å². The molecule has 3 aromatic rings. The number of aryl methyl sites for hydroxylation is 4. The summed E-state index contributed by atoms with van der Waals surface area (Å²) in [5, 5.41) is 3.40. The van der Waals surface area contributed by atoms with Crippen LogP contribution in [0.4, 0.5) is 5.69 Å². The van der Waals surface area contributed by atoms with Crippen LogP contribution in [-0.4, -0.2) is 25.2 Å². The van der Waals surface area contributed by atoms with Gasteiger partial charge < -0.3 is 5.32 Å². The van der Waals surface area contributed by atoms with E-state index in [4.69, 9.17) is 11.6 Å². The van der Waals surface area contributed by atoms with Crippen LogP contribution in [0.3, 0.4) is 0 Å². The van der Waals surface area contributed by atoms with Crippen molar-refractivity contribution in [1.29, 1.82) is 0 Å². The molecule has 0 radical (unpaired) electrons. The standard InChI is InChI=1S/C25H27ClN2O3S/c1-17-8-10-23(11-9-17)32(30,31)28(15-21-6-5-7-22(26)14-21)16-24(29)27-25-19(3)12-18(2)13-20(25)4/h5-14H,15-16H2,1-4H3,(H,27,29). The van der Waals surface area contributed by atoms with Crippen molar-refractivity contribution in [2.45, 2.75) is 39.1 Å². The minimum Gasteiger partial charge on any atom is -0.324 e. The third kappa shape index (κ3) is 5.76. The van der Waals surface area contributed by atoms with Crippen LogP contribution in [-0.2, 0) is 21.4 Å². The van der Waals surface area contributed by atoms with E-state index < -0.39 is 15.9 Å². The molecular weight excluding hydrogens is 444 g/mol. The second-order valence-corrected chi connectivity index (χ2v) is 10.4. The monoisotopic (exact) mass is 470 g/mol. The van der Waals surface area contributed by atoms with Crippen molar-refractivity contribution >= 4 is 33.2 Å². The number of hydrogen-bond acceptors (Lipinski definition) is 3. The molecule has 168 valence electrons. The number of nitrogens with one attached hydrogen (secondary N) is 1. The molecule has 0 aromatic heterocycles. The average molecular weight is 471 g/mol. The summed E-state index contributed by atoms with van der Waals surface area (Å²) in [5.41, 5.74) is 5.31. The van der Waals surface area contributed by atoms with E-state index >= 15 is 0 Å². The van der Waals surface area contributed by atoms with Gasteiger partial charge in [0.1, 0.15) is 0 Å². The number of carbonyl (C=O) groups excluding carboxylic acids is 1. The molecule has 32 heavy (non-hydrogen) atoms. The molecular formula is C25H27ClN2O3S. The van der Waals surface area contributed by atoms with Gasteiger partial charge in [0.25, 0.3) is 0 Å². The summed E-state index contributed by atoms with van der Waals surface area (Å²) >= 11 is 6.09. The number of benzene rings is 3. The highest BCUT2D eigenvalue weighted by atomic mass is 35.5. The Hall–Kier alpha value is -2.67. The number of carbonyl (C=O) groups is 1. The van der Waals surface area contributed by atoms with E-state index in [9.17, 15) is 13.2 Å². The van der Waals surface area contributed by atoms with Crippen molar-refractivity contribution < 1.29 is 13.2 Å². The second-order valence-electron chi connectivity index (χ2n) is 8.04. The van der Waals surface area contributed by atoms with Crippen molar-refractivity contribution in [3.8, 4) is 0 Å². The lowest BCUT2D eigenvalue weighted by Gasteiger charge is -2.23. The molecule has 0 heterocycles. The molecule has 0 saturated heterocycles. The smallest absolute Gasteiger partial charge is 0.243 e. The third-order valence-electron chi connectivity index (χ3n) is 5.17. The number of hydrogen-bond donors (Lipinski definition) is 1. The highest BCUT2D eigenvalue weighted by Crippen LogP contribution is 2.24. The fourth-order valence-electron chi connectivity index (χ4n) is 3.64. The quantitative estimate of drug-likeness (QED) is 0.502. The number of anilines is 1. The highest BCUT2D eigenvalue weighted by molar-refractivity contribution is 7.89. The van der Waals surface area contributed by atoms with Gasteiger partial charge in [-0.3, -0.25) is 4.79 Å². The lowest BCUT2D eigenvalue weighted by molar-refractivity contribution is -0.116. The number of halogens is 1. The molecule has 0 unspecified atom stereocenters. The zero-order valence-electron chi connectivity index (χ0n) is 18.6. The lowest BCUT2D eigenvalue weighted by Crippen LogP contribution is -2.37. The van der Waals surface area contributed by atoms with Gasteiger partial charge in [0, 0.05) is 17.3 Å². The average Bonchev–Trinajstić information content (AvgIpc) is 2.70. The summed E-state index contributed by atoms with van der Waals surface area (Å²) in [6.45, 7) is 7.42. The number of amides is 1. The zero-order chi connectivity index (χ0) is 23.5. The Bertz CT molecular complexity index is 1220. The minimum atomic E-state index is -3.91. The van der Waals surface area contributed by atoms with E-state index in [1.165, 1.54) is 4.31 Å². The summed E-state index contributed by atoms with van der Waals surface area (Å²) in [6, 6.07) is 17.5. The van der Waals surface area contributed by atoms with Gasteiger partial charge in [-0.05, 0) is 68.7 Å². The van der Waals surface area contributed by atoms with Crippen molar-refractivity contribution in [1.82, 2.24) is 4.31 Å². The predicted molar refractivity (Wildman–Crippen MR) is 130 cm³/mol. The molecule has 0 bridgehead atoms. The molecule has 5 nitrogen and oxygen atoms in total. The molecule has 0 aliphatic carbocycles. The van der Waals surface area contributed by atoms with Crippen LogP contribution in [0.25, 0.3) is 0 Å². The summed E-state index contributed by atoms with van der Waals surface area (Å²) in [6.07, 6.45) is 0. The van der Waals surface area contributed by atoms with Gasteiger partial charge in [-0.1, -0.05) is 59.1 Å². The largest absolute Gasteiger partial charge is 0.324 e. The molecule has 3 rings (SSSR count). The van der Waals surface area contributed by atoms with Crippen LogP contribution in [0.15, 0.2) is 65.6 Å². The maximum absolute atomic E-state index is 13.4. The Morgan fingerprint density at radius 2 is 1.53 bits per heavy atom. The van der Waals surface area contributed by atoms with E-state index in [0.29, 0.717) is 16.3 Å². The number of nitrogens with zero attached hydrogens (tertiary/aromatic N) is 1. The SMILES string of the molecule is Cc1ccc(S(=O)(=O)N(CC(=O)Nc2c(C)cc(C)cc2C)Cc2cccc(Cl)c2)cc1. The Morgan fingerprint density at radius 3 is 2.12 bits per heavy atom. The first-order valence-corrected chi connectivity index (χ1v) is 12.1. The van der Waals surface area contributed by atoms with E-state index in [0.717, 1.165) is 22.3 Å². The molecule has 0 spiro atoms. The van der Waals surface area contributed by atoms with Gasteiger partial charge in [0.15, 0.2) is 0 Å². The first kappa shape index (κ1) is 24.0. The van der Waals surface area contributed by atoms with Crippen LogP contribution < -0.4 is 5.32 Å². The van der Waals surface area contributed by atoms with Crippen molar-refractivity contribution in [2.75, 3.05) is 11.9 Å². The molecule has 0 atom stereocenters. The second kappa shape index (κ2) is 9.86. The van der Waals surface area contributed by atoms with E-state index in [1.54, 1.807) is 48.5 Å². The van der Waals surface area contributed by atoms with Gasteiger partial charge in [-0.2, -0.15) is 4.31 Å². The normalized spacial score (nSPS) is 11.6. The summed E-state index contributed by atoms with van der Waals surface area (Å²) in [4.78, 5) is 13.1. The Labute approximate surface area is 195 Å². The molecule has 0 aliphatic heterocycles. The Balaban J connectivity index is 1.91. The first-order valence-electron chi connectivity index (χ1n) is 10.3. The Morgan fingerprint density at radius 1 is 0.906 bits per heavy atom. The third-order valence-corrected chi connectivity index (χ3v) is 7.21. The number of rotatable bonds is 7. The highest BCUT2D eigenvalue weighted by Gasteiger charge is 2.27. The van der Waals surface area contributed by atoms with Crippen molar-refractivity contribution in [3.05, 3.63) is 93.5 Å². The van der Waals surface area contributed by atoms with E-state index in [2.05, 4.69) is 5.32 Å². The fraction of sp³-hybridized carbons (Fsp3) is 0.240. The molecule has 7 heteroatoms. The zero-order valence-corrected chi connectivity index (χ0v) is 20.2. The van der Waals surface area contributed by atoms with Gasteiger partial charge >= 0.3 is 0 Å². The minimum absolute atomic E-state index is 0.0239. The summed E-state index contributed by atoms with van der Waals surface area (Å²) in [7, 11) is -3.91. The van der Waals surface area contributed by atoms with Gasteiger partial charge in [0.2, 0.25) is 15.9 Å². The maximum atomic E-state index is 13.4. The molecule has 3 aromatic carbocycles. The first-order chi connectivity index (χ1) is 15.1. The molecule has 1 N–H and O–H groups in total. The summed E-state index contributed by atoms with van der Waals surface area (Å²) in [5.74, 6) is -0.405. The van der Waals surface area contributed by atoms with E-state index in [1.807, 2.05) is 39.8 Å². The van der Waals surface area contributed by atoms with Crippen molar-refractivity contribution in [2.24, 2.45) is 0 Å². The molecule has 0 aliphatic rings. The van der Waals surface area contributed by atoms with Crippen LogP contribution in [0.2, 0.25) is 5.02 Å². The van der Waals surface area contributed by atoms with Crippen LogP contribution in [0, 0.1) is 27.7 Å². The van der Waals surface area contributed by atoms with Gasteiger partial charge in [-0.15, -0.1) is 0 Å². The summed E-state index contributed by atoms with van der Waals surface area (Å²) < 4.78 is 28.0. The van der Waals surface area contributed by atoms with Crippen LogP contribution in [0.5, 0.6) is 0 Å². The van der Waals surface area contributed by atoms with Gasteiger partial charge in [0.05, 0.1) is 11.4 Å². The maximum Gasteiger partial charge on any atom is 0.243 e. The fourth-order valence-corrected chi connectivity index (χ4v) is 5.24. The van der Waals surface area contributed by atoms with Crippen molar-refractivity contribution in [3.63, 3.8) is 0 Å².